The highest BCUT2D eigenvalue weighted by Crippen LogP contribution is 2.28. The summed E-state index contributed by atoms with van der Waals surface area (Å²) in [6.07, 6.45) is 1.50. The molecule has 0 aliphatic rings. The summed E-state index contributed by atoms with van der Waals surface area (Å²) in [5.41, 5.74) is 3.18. The number of halogens is 1. The number of ether oxygens (including phenoxy) is 3. The Bertz CT molecular complexity index is 874. The van der Waals surface area contributed by atoms with Crippen LogP contribution in [0.4, 0.5) is 0 Å². The molecule has 30 heavy (non-hydrogen) atoms. The maximum atomic E-state index is 11.9. The second kappa shape index (κ2) is 12.8. The summed E-state index contributed by atoms with van der Waals surface area (Å²) >= 11 is 7.23. The molecule has 0 aliphatic heterocycles. The van der Waals surface area contributed by atoms with Crippen LogP contribution in [0.15, 0.2) is 52.5 Å². The van der Waals surface area contributed by atoms with Gasteiger partial charge in [-0.3, -0.25) is 4.79 Å². The maximum absolute atomic E-state index is 11.9. The number of thioether (sulfide) groups is 1. The van der Waals surface area contributed by atoms with Crippen LogP contribution in [-0.4, -0.2) is 43.7 Å². The summed E-state index contributed by atoms with van der Waals surface area (Å²) in [5, 5.41) is 4.62. The summed E-state index contributed by atoms with van der Waals surface area (Å²) in [6, 6.07) is 12.4. The fourth-order valence-corrected chi connectivity index (χ4v) is 3.04. The third-order valence-corrected chi connectivity index (χ3v) is 4.77. The molecule has 160 valence electrons. The van der Waals surface area contributed by atoms with E-state index in [2.05, 4.69) is 10.5 Å². The third kappa shape index (κ3) is 8.34. The van der Waals surface area contributed by atoms with Crippen LogP contribution in [-0.2, 0) is 14.3 Å². The van der Waals surface area contributed by atoms with Gasteiger partial charge in [0, 0.05) is 9.92 Å². The van der Waals surface area contributed by atoms with Gasteiger partial charge in [0.2, 0.25) is 5.91 Å². The first-order valence-electron chi connectivity index (χ1n) is 9.27. The van der Waals surface area contributed by atoms with Crippen LogP contribution in [0.1, 0.15) is 19.4 Å². The van der Waals surface area contributed by atoms with Gasteiger partial charge in [-0.1, -0.05) is 11.6 Å². The maximum Gasteiger partial charge on any atom is 0.344 e. The first-order chi connectivity index (χ1) is 14.5. The number of nitrogens with zero attached hydrogens (tertiary/aromatic N) is 1. The fraction of sp³-hybridized carbons (Fsp3) is 0.286. The van der Waals surface area contributed by atoms with E-state index in [0.717, 1.165) is 4.90 Å². The minimum atomic E-state index is -0.454. The van der Waals surface area contributed by atoms with Crippen molar-refractivity contribution in [2.24, 2.45) is 5.10 Å². The van der Waals surface area contributed by atoms with Gasteiger partial charge in [-0.25, -0.2) is 10.2 Å². The standard InChI is InChI=1S/C21H23ClN2O5S/c1-3-27-19-11-15(5-10-18(19)29-13-21(26)28-4-2)12-23-24-20(25)14-30-17-8-6-16(22)7-9-17/h5-12H,3-4,13-14H2,1-2H3,(H,24,25)/b23-12-. The Morgan fingerprint density at radius 3 is 2.53 bits per heavy atom. The van der Waals surface area contributed by atoms with Crippen molar-refractivity contribution < 1.29 is 23.8 Å². The van der Waals surface area contributed by atoms with Crippen LogP contribution in [0.5, 0.6) is 11.5 Å². The first kappa shape index (κ1) is 23.6. The zero-order valence-electron chi connectivity index (χ0n) is 16.7. The third-order valence-electron chi connectivity index (χ3n) is 3.50. The van der Waals surface area contributed by atoms with Crippen LogP contribution in [0.25, 0.3) is 0 Å². The van der Waals surface area contributed by atoms with E-state index in [1.807, 2.05) is 19.1 Å². The van der Waals surface area contributed by atoms with E-state index in [-0.39, 0.29) is 18.3 Å². The van der Waals surface area contributed by atoms with Gasteiger partial charge in [-0.15, -0.1) is 11.8 Å². The van der Waals surface area contributed by atoms with Crippen LogP contribution >= 0.6 is 23.4 Å². The number of esters is 1. The molecule has 9 heteroatoms. The summed E-state index contributed by atoms with van der Waals surface area (Å²) in [7, 11) is 0. The molecule has 7 nitrogen and oxygen atoms in total. The van der Waals surface area contributed by atoms with E-state index in [0.29, 0.717) is 35.3 Å². The quantitative estimate of drug-likeness (QED) is 0.241. The largest absolute Gasteiger partial charge is 0.490 e. The van der Waals surface area contributed by atoms with Gasteiger partial charge < -0.3 is 14.2 Å². The molecule has 0 heterocycles. The number of rotatable bonds is 11. The average Bonchev–Trinajstić information content (AvgIpc) is 2.73. The van der Waals surface area contributed by atoms with Gasteiger partial charge >= 0.3 is 5.97 Å². The lowest BCUT2D eigenvalue weighted by atomic mass is 10.2. The second-order valence-corrected chi connectivity index (χ2v) is 7.25. The highest BCUT2D eigenvalue weighted by Gasteiger charge is 2.09. The van der Waals surface area contributed by atoms with E-state index < -0.39 is 5.97 Å². The summed E-state index contributed by atoms with van der Waals surface area (Å²) in [5.74, 6) is 0.431. The molecular weight excluding hydrogens is 428 g/mol. The van der Waals surface area contributed by atoms with Crippen molar-refractivity contribution >= 4 is 41.5 Å². The Labute approximate surface area is 184 Å². The molecule has 2 aromatic rings. The molecule has 0 spiro atoms. The highest BCUT2D eigenvalue weighted by molar-refractivity contribution is 8.00. The van der Waals surface area contributed by atoms with E-state index in [4.69, 9.17) is 25.8 Å². The van der Waals surface area contributed by atoms with Crippen molar-refractivity contribution in [2.45, 2.75) is 18.7 Å². The lowest BCUT2D eigenvalue weighted by Gasteiger charge is -2.12. The van der Waals surface area contributed by atoms with E-state index in [1.165, 1.54) is 18.0 Å². The zero-order valence-corrected chi connectivity index (χ0v) is 18.3. The molecule has 1 N–H and O–H groups in total. The topological polar surface area (TPSA) is 86.2 Å². The number of hydrogen-bond donors (Lipinski definition) is 1. The van der Waals surface area contributed by atoms with Crippen molar-refractivity contribution in [1.29, 1.82) is 0 Å². The molecule has 0 saturated heterocycles. The monoisotopic (exact) mass is 450 g/mol. The normalized spacial score (nSPS) is 10.6. The van der Waals surface area contributed by atoms with Crippen molar-refractivity contribution in [3.8, 4) is 11.5 Å². The van der Waals surface area contributed by atoms with Gasteiger partial charge in [0.15, 0.2) is 18.1 Å². The number of carbonyl (C=O) groups excluding carboxylic acids is 2. The second-order valence-electron chi connectivity index (χ2n) is 5.77. The van der Waals surface area contributed by atoms with Crippen molar-refractivity contribution in [2.75, 3.05) is 25.6 Å². The molecule has 0 aromatic heterocycles. The summed E-state index contributed by atoms with van der Waals surface area (Å²) < 4.78 is 15.9. The number of hydrazone groups is 1. The average molecular weight is 451 g/mol. The molecule has 1 amide bonds. The van der Waals surface area contributed by atoms with Crippen LogP contribution in [0.2, 0.25) is 5.02 Å². The van der Waals surface area contributed by atoms with Crippen LogP contribution in [0.3, 0.4) is 0 Å². The molecule has 2 rings (SSSR count). The number of hydrogen-bond acceptors (Lipinski definition) is 7. The number of benzene rings is 2. The smallest absolute Gasteiger partial charge is 0.344 e. The van der Waals surface area contributed by atoms with E-state index in [1.54, 1.807) is 37.3 Å². The van der Waals surface area contributed by atoms with Gasteiger partial charge in [0.05, 0.1) is 25.2 Å². The van der Waals surface area contributed by atoms with Gasteiger partial charge in [-0.2, -0.15) is 5.10 Å². The molecule has 0 radical (unpaired) electrons. The van der Waals surface area contributed by atoms with Gasteiger partial charge in [0.1, 0.15) is 0 Å². The molecular formula is C21H23ClN2O5S. The molecule has 0 saturated carbocycles. The Morgan fingerprint density at radius 2 is 1.83 bits per heavy atom. The molecule has 0 bridgehead atoms. The van der Waals surface area contributed by atoms with Crippen molar-refractivity contribution in [3.05, 3.63) is 53.1 Å². The SMILES string of the molecule is CCOC(=O)COc1ccc(/C=N\NC(=O)CSc2ccc(Cl)cc2)cc1OCC. The molecule has 0 unspecified atom stereocenters. The van der Waals surface area contributed by atoms with Crippen LogP contribution in [0, 0.1) is 0 Å². The van der Waals surface area contributed by atoms with Crippen molar-refractivity contribution in [3.63, 3.8) is 0 Å². The number of amides is 1. The minimum absolute atomic E-state index is 0.206. The predicted molar refractivity (Wildman–Crippen MR) is 118 cm³/mol. The van der Waals surface area contributed by atoms with E-state index in [9.17, 15) is 9.59 Å². The Hall–Kier alpha value is -2.71. The predicted octanol–water partition coefficient (Wildman–Crippen LogP) is 3.92. The highest BCUT2D eigenvalue weighted by atomic mass is 35.5. The Morgan fingerprint density at radius 1 is 1.07 bits per heavy atom. The van der Waals surface area contributed by atoms with E-state index >= 15 is 0 Å². The minimum Gasteiger partial charge on any atom is -0.490 e. The lowest BCUT2D eigenvalue weighted by molar-refractivity contribution is -0.145. The first-order valence-corrected chi connectivity index (χ1v) is 10.6. The number of nitrogens with one attached hydrogen (secondary N) is 1. The molecule has 0 fully saturated rings. The van der Waals surface area contributed by atoms with Gasteiger partial charge in [-0.05, 0) is 61.9 Å². The fourth-order valence-electron chi connectivity index (χ4n) is 2.22. The van der Waals surface area contributed by atoms with Crippen LogP contribution < -0.4 is 14.9 Å². The summed E-state index contributed by atoms with van der Waals surface area (Å²) in [6.45, 7) is 4.08. The lowest BCUT2D eigenvalue weighted by Crippen LogP contribution is -2.19. The Balaban J connectivity index is 1.88. The summed E-state index contributed by atoms with van der Waals surface area (Å²) in [4.78, 5) is 24.3. The molecule has 0 atom stereocenters. The number of carbonyl (C=O) groups is 2. The van der Waals surface area contributed by atoms with Crippen molar-refractivity contribution in [1.82, 2.24) is 5.43 Å². The molecule has 2 aromatic carbocycles. The Kier molecular flexibility index (Phi) is 10.0. The van der Waals surface area contributed by atoms with Gasteiger partial charge in [0.25, 0.3) is 0 Å². The zero-order chi connectivity index (χ0) is 21.8. The molecule has 0 aliphatic carbocycles.